The maximum atomic E-state index is 11.5. The molecule has 0 aromatic heterocycles. The zero-order chi connectivity index (χ0) is 19.6. The second-order valence-electron chi connectivity index (χ2n) is 5.97. The molecule has 0 aliphatic rings. The summed E-state index contributed by atoms with van der Waals surface area (Å²) in [4.78, 5) is 11.5. The number of hydrogen-bond acceptors (Lipinski definition) is 3. The molecule has 1 N–H and O–H groups in total. The average molecular weight is 440 g/mol. The maximum Gasteiger partial charge on any atom is 0.341 e. The average Bonchev–Trinajstić information content (AvgIpc) is 2.58. The first-order chi connectivity index (χ1) is 12.3. The summed E-state index contributed by atoms with van der Waals surface area (Å²) in [6.07, 6.45) is 6.90. The predicted molar refractivity (Wildman–Crippen MR) is 111 cm³/mol. The first kappa shape index (κ1) is 23.2. The highest BCUT2D eigenvalue weighted by Gasteiger charge is 2.23. The highest BCUT2D eigenvalue weighted by molar-refractivity contribution is 7.64. The van der Waals surface area contributed by atoms with Crippen LogP contribution in [0.4, 0.5) is 0 Å². The van der Waals surface area contributed by atoms with Crippen LogP contribution in [0, 0.1) is 0 Å². The van der Waals surface area contributed by atoms with E-state index in [2.05, 4.69) is 0 Å². The normalized spacial score (nSPS) is 12.1. The van der Waals surface area contributed by atoms with Crippen LogP contribution in [0.25, 0.3) is 6.08 Å². The Morgan fingerprint density at radius 1 is 1.04 bits per heavy atom. The van der Waals surface area contributed by atoms with Crippen molar-refractivity contribution in [2.45, 2.75) is 44.6 Å². The van der Waals surface area contributed by atoms with Gasteiger partial charge in [-0.2, -0.15) is 0 Å². The van der Waals surface area contributed by atoms with Gasteiger partial charge >= 0.3 is 12.0 Å². The van der Waals surface area contributed by atoms with Crippen molar-refractivity contribution >= 4 is 51.3 Å². The lowest BCUT2D eigenvalue weighted by molar-refractivity contribution is -0.132. The van der Waals surface area contributed by atoms with Gasteiger partial charge < -0.3 is 14.6 Å². The standard InChI is InChI=1S/C18H25Cl3O4Si/c1-24-16-10-9-14(13-17(16)25-2)12-15(18(22)23)8-6-4-3-5-7-11-26(19,20)21/h9-10,12-13H,3-8,11H2,1-2H3,(H,22,23)/b15-12+. The van der Waals surface area contributed by atoms with Crippen LogP contribution in [-0.2, 0) is 4.79 Å². The lowest BCUT2D eigenvalue weighted by Crippen LogP contribution is -2.07. The number of carboxylic acids is 1. The van der Waals surface area contributed by atoms with Crippen LogP contribution in [0.2, 0.25) is 6.04 Å². The Labute approximate surface area is 170 Å². The first-order valence-corrected chi connectivity index (χ1v) is 13.7. The topological polar surface area (TPSA) is 55.8 Å². The summed E-state index contributed by atoms with van der Waals surface area (Å²) >= 11 is 17.5. The van der Waals surface area contributed by atoms with Crippen molar-refractivity contribution < 1.29 is 19.4 Å². The summed E-state index contributed by atoms with van der Waals surface area (Å²) in [6.45, 7) is 0. The van der Waals surface area contributed by atoms with E-state index in [9.17, 15) is 9.90 Å². The van der Waals surface area contributed by atoms with Crippen molar-refractivity contribution in [1.82, 2.24) is 0 Å². The summed E-state index contributed by atoms with van der Waals surface area (Å²) in [5.41, 5.74) is 1.15. The molecule has 0 saturated carbocycles. The number of aliphatic carboxylic acids is 1. The Morgan fingerprint density at radius 3 is 2.23 bits per heavy atom. The molecule has 0 aliphatic carbocycles. The van der Waals surface area contributed by atoms with Gasteiger partial charge in [0.2, 0.25) is 0 Å². The molecule has 0 aliphatic heterocycles. The second kappa shape index (κ2) is 11.8. The number of rotatable bonds is 12. The Hall–Kier alpha value is -0.883. The molecule has 0 heterocycles. The first-order valence-electron chi connectivity index (χ1n) is 8.49. The number of hydrogen-bond donors (Lipinski definition) is 1. The van der Waals surface area contributed by atoms with Crippen molar-refractivity contribution in [2.75, 3.05) is 14.2 Å². The highest BCUT2D eigenvalue weighted by atomic mass is 35.8. The number of methoxy groups -OCH3 is 2. The molecule has 0 saturated heterocycles. The van der Waals surface area contributed by atoms with E-state index in [-0.39, 0.29) is 0 Å². The molecular formula is C18H25Cl3O4Si. The molecule has 4 nitrogen and oxygen atoms in total. The van der Waals surface area contributed by atoms with Crippen molar-refractivity contribution in [3.63, 3.8) is 0 Å². The number of halogens is 3. The molecule has 0 radical (unpaired) electrons. The summed E-state index contributed by atoms with van der Waals surface area (Å²) in [6, 6.07) is 3.51. The second-order valence-corrected chi connectivity index (χ2v) is 15.3. The minimum absolute atomic E-state index is 0.380. The fourth-order valence-corrected chi connectivity index (χ4v) is 4.41. The van der Waals surface area contributed by atoms with E-state index >= 15 is 0 Å². The van der Waals surface area contributed by atoms with E-state index in [1.54, 1.807) is 32.4 Å². The van der Waals surface area contributed by atoms with Crippen LogP contribution in [0.5, 0.6) is 11.5 Å². The molecule has 0 amide bonds. The zero-order valence-corrected chi connectivity index (χ0v) is 18.3. The van der Waals surface area contributed by atoms with Gasteiger partial charge in [-0.1, -0.05) is 31.7 Å². The van der Waals surface area contributed by atoms with Gasteiger partial charge in [0.15, 0.2) is 11.5 Å². The molecule has 1 aromatic carbocycles. The monoisotopic (exact) mass is 438 g/mol. The van der Waals surface area contributed by atoms with Gasteiger partial charge in [0, 0.05) is 5.57 Å². The van der Waals surface area contributed by atoms with Gasteiger partial charge in [-0.25, -0.2) is 4.79 Å². The van der Waals surface area contributed by atoms with E-state index in [4.69, 9.17) is 42.7 Å². The molecule has 1 aromatic rings. The highest BCUT2D eigenvalue weighted by Crippen LogP contribution is 2.29. The molecule has 1 rings (SSSR count). The Kier molecular flexibility index (Phi) is 10.5. The molecule has 0 bridgehead atoms. The van der Waals surface area contributed by atoms with E-state index in [1.165, 1.54) is 0 Å². The van der Waals surface area contributed by atoms with Crippen LogP contribution in [-0.4, -0.2) is 31.3 Å². The number of ether oxygens (including phenoxy) is 2. The lowest BCUT2D eigenvalue weighted by atomic mass is 10.0. The fraction of sp³-hybridized carbons (Fsp3) is 0.500. The van der Waals surface area contributed by atoms with Crippen LogP contribution in [0.3, 0.4) is 0 Å². The number of carbonyl (C=O) groups is 1. The minimum Gasteiger partial charge on any atom is -0.493 e. The molecule has 146 valence electrons. The summed E-state index contributed by atoms with van der Waals surface area (Å²) in [5, 5.41) is 9.43. The van der Waals surface area contributed by atoms with Crippen molar-refractivity contribution in [2.24, 2.45) is 0 Å². The van der Waals surface area contributed by atoms with Crippen LogP contribution < -0.4 is 9.47 Å². The van der Waals surface area contributed by atoms with E-state index in [0.29, 0.717) is 29.5 Å². The van der Waals surface area contributed by atoms with Gasteiger partial charge in [0.05, 0.1) is 14.2 Å². The smallest absolute Gasteiger partial charge is 0.341 e. The predicted octanol–water partition coefficient (Wildman–Crippen LogP) is 6.17. The quantitative estimate of drug-likeness (QED) is 0.183. The number of carboxylic acid groups (broad SMARTS) is 1. The summed E-state index contributed by atoms with van der Waals surface area (Å²) in [5.74, 6) is 0.282. The van der Waals surface area contributed by atoms with Gasteiger partial charge in [0.1, 0.15) is 0 Å². The van der Waals surface area contributed by atoms with Gasteiger partial charge in [-0.05, 0) is 42.7 Å². The van der Waals surface area contributed by atoms with Crippen molar-refractivity contribution in [1.29, 1.82) is 0 Å². The minimum atomic E-state index is -2.51. The number of unbranched alkanes of at least 4 members (excludes halogenated alkanes) is 4. The van der Waals surface area contributed by atoms with Gasteiger partial charge in [-0.15, -0.1) is 33.2 Å². The van der Waals surface area contributed by atoms with Crippen LogP contribution in [0.15, 0.2) is 23.8 Å². The van der Waals surface area contributed by atoms with Crippen LogP contribution >= 0.6 is 33.2 Å². The largest absolute Gasteiger partial charge is 0.493 e. The van der Waals surface area contributed by atoms with E-state index in [0.717, 1.165) is 37.7 Å². The molecule has 0 unspecified atom stereocenters. The molecular weight excluding hydrogens is 415 g/mol. The maximum absolute atomic E-state index is 11.5. The van der Waals surface area contributed by atoms with Crippen molar-refractivity contribution in [3.8, 4) is 11.5 Å². The third kappa shape index (κ3) is 9.17. The van der Waals surface area contributed by atoms with Crippen LogP contribution in [0.1, 0.15) is 44.1 Å². The van der Waals surface area contributed by atoms with Gasteiger partial charge in [0.25, 0.3) is 0 Å². The SMILES string of the molecule is COc1ccc(/C=C(\CCCCCCC[Si](Cl)(Cl)Cl)C(=O)O)cc1OC. The Balaban J connectivity index is 2.53. The molecule has 0 spiro atoms. The lowest BCUT2D eigenvalue weighted by Gasteiger charge is -2.09. The zero-order valence-electron chi connectivity index (χ0n) is 15.1. The van der Waals surface area contributed by atoms with Crippen molar-refractivity contribution in [3.05, 3.63) is 29.3 Å². The summed E-state index contributed by atoms with van der Waals surface area (Å²) < 4.78 is 10.4. The van der Waals surface area contributed by atoms with E-state index in [1.807, 2.05) is 6.07 Å². The van der Waals surface area contributed by atoms with E-state index < -0.39 is 12.0 Å². The fourth-order valence-electron chi connectivity index (χ4n) is 2.56. The Bertz CT molecular complexity index is 615. The van der Waals surface area contributed by atoms with Gasteiger partial charge in [-0.3, -0.25) is 0 Å². The third-order valence-corrected chi connectivity index (χ3v) is 6.55. The third-order valence-electron chi connectivity index (χ3n) is 3.93. The summed E-state index contributed by atoms with van der Waals surface area (Å²) in [7, 11) is 3.11. The molecule has 0 fully saturated rings. The molecule has 26 heavy (non-hydrogen) atoms. The molecule has 0 atom stereocenters. The molecule has 8 heteroatoms. The number of benzene rings is 1. The Morgan fingerprint density at radius 2 is 1.65 bits per heavy atom.